The number of hydrogen-bond donors (Lipinski definition) is 0. The van der Waals surface area contributed by atoms with Crippen LogP contribution in [0.15, 0.2) is 23.8 Å². The van der Waals surface area contributed by atoms with Crippen molar-refractivity contribution in [2.45, 2.75) is 32.3 Å². The molecule has 0 aromatic heterocycles. The third kappa shape index (κ3) is 2.08. The van der Waals surface area contributed by atoms with Gasteiger partial charge in [0.1, 0.15) is 0 Å². The summed E-state index contributed by atoms with van der Waals surface area (Å²) in [6.07, 6.45) is 10.6. The fourth-order valence-electron chi connectivity index (χ4n) is 2.09. The standard InChI is InChI=1S/C13H16O/c1-2-4-11-6-8-12(9-7-11)13-5-3-10-14-13/h6-8,12-13H,3,5,9-10H2,1H3/t12?,13-/m1/s1. The summed E-state index contributed by atoms with van der Waals surface area (Å²) < 4.78 is 5.67. The van der Waals surface area contributed by atoms with E-state index in [2.05, 4.69) is 30.1 Å². The van der Waals surface area contributed by atoms with Crippen molar-refractivity contribution in [1.82, 2.24) is 0 Å². The average Bonchev–Trinajstić information content (AvgIpc) is 2.72. The Balaban J connectivity index is 1.95. The van der Waals surface area contributed by atoms with Crippen LogP contribution >= 0.6 is 0 Å². The van der Waals surface area contributed by atoms with Crippen molar-refractivity contribution in [3.8, 4) is 11.8 Å². The van der Waals surface area contributed by atoms with E-state index in [-0.39, 0.29) is 0 Å². The zero-order chi connectivity index (χ0) is 9.80. The fraction of sp³-hybridized carbons (Fsp3) is 0.538. The molecule has 0 aromatic carbocycles. The van der Waals surface area contributed by atoms with Crippen molar-refractivity contribution >= 4 is 0 Å². The lowest BCUT2D eigenvalue weighted by atomic mass is 9.91. The molecule has 1 aliphatic carbocycles. The molecular weight excluding hydrogens is 172 g/mol. The smallest absolute Gasteiger partial charge is 0.0641 e. The van der Waals surface area contributed by atoms with Gasteiger partial charge in [-0.05, 0) is 26.2 Å². The van der Waals surface area contributed by atoms with E-state index in [1.807, 2.05) is 6.92 Å². The molecule has 2 atom stereocenters. The molecule has 74 valence electrons. The summed E-state index contributed by atoms with van der Waals surface area (Å²) in [5.74, 6) is 6.58. The Morgan fingerprint density at radius 1 is 1.50 bits per heavy atom. The van der Waals surface area contributed by atoms with Crippen molar-refractivity contribution in [1.29, 1.82) is 0 Å². The van der Waals surface area contributed by atoms with Crippen LogP contribution in [0.3, 0.4) is 0 Å². The molecule has 0 N–H and O–H groups in total. The van der Waals surface area contributed by atoms with Crippen molar-refractivity contribution in [2.24, 2.45) is 5.92 Å². The predicted molar refractivity (Wildman–Crippen MR) is 57.8 cm³/mol. The summed E-state index contributed by atoms with van der Waals surface area (Å²) in [6.45, 7) is 2.82. The second kappa shape index (κ2) is 4.48. The highest BCUT2D eigenvalue weighted by Crippen LogP contribution is 2.27. The zero-order valence-electron chi connectivity index (χ0n) is 8.62. The molecule has 1 fully saturated rings. The molecule has 0 saturated carbocycles. The van der Waals surface area contributed by atoms with Gasteiger partial charge >= 0.3 is 0 Å². The largest absolute Gasteiger partial charge is 0.378 e. The molecule has 2 aliphatic rings. The summed E-state index contributed by atoms with van der Waals surface area (Å²) in [7, 11) is 0. The molecule has 14 heavy (non-hydrogen) atoms. The molecule has 1 heteroatoms. The van der Waals surface area contributed by atoms with E-state index in [1.165, 1.54) is 12.8 Å². The first-order valence-corrected chi connectivity index (χ1v) is 5.33. The topological polar surface area (TPSA) is 9.23 Å². The highest BCUT2D eigenvalue weighted by molar-refractivity contribution is 5.40. The van der Waals surface area contributed by atoms with Crippen LogP contribution in [0.25, 0.3) is 0 Å². The van der Waals surface area contributed by atoms with Gasteiger partial charge in [-0.2, -0.15) is 0 Å². The van der Waals surface area contributed by atoms with Crippen LogP contribution < -0.4 is 0 Å². The summed E-state index contributed by atoms with van der Waals surface area (Å²) in [5.41, 5.74) is 1.15. The fourth-order valence-corrected chi connectivity index (χ4v) is 2.09. The Morgan fingerprint density at radius 3 is 3.00 bits per heavy atom. The molecule has 0 aromatic rings. The van der Waals surface area contributed by atoms with E-state index >= 15 is 0 Å². The predicted octanol–water partition coefficient (Wildman–Crippen LogP) is 2.69. The number of hydrogen-bond acceptors (Lipinski definition) is 1. The zero-order valence-corrected chi connectivity index (χ0v) is 8.62. The molecule has 1 unspecified atom stereocenters. The molecule has 0 amide bonds. The van der Waals surface area contributed by atoms with Gasteiger partial charge in [0.2, 0.25) is 0 Å². The van der Waals surface area contributed by atoms with E-state index in [1.54, 1.807) is 0 Å². The Morgan fingerprint density at radius 2 is 2.43 bits per heavy atom. The maximum Gasteiger partial charge on any atom is 0.0641 e. The van der Waals surface area contributed by atoms with Crippen molar-refractivity contribution in [3.05, 3.63) is 23.8 Å². The van der Waals surface area contributed by atoms with Gasteiger partial charge < -0.3 is 4.74 Å². The van der Waals surface area contributed by atoms with Crippen LogP contribution in [0, 0.1) is 17.8 Å². The Hall–Kier alpha value is -1.00. The van der Waals surface area contributed by atoms with Gasteiger partial charge in [-0.15, -0.1) is 5.92 Å². The number of allylic oxidation sites excluding steroid dienone is 3. The Kier molecular flexibility index (Phi) is 3.06. The van der Waals surface area contributed by atoms with Gasteiger partial charge in [0.25, 0.3) is 0 Å². The molecule has 1 nitrogen and oxygen atoms in total. The van der Waals surface area contributed by atoms with Crippen LogP contribution in [0.5, 0.6) is 0 Å². The molecule has 2 rings (SSSR count). The first kappa shape index (κ1) is 9.55. The summed E-state index contributed by atoms with van der Waals surface area (Å²) in [6, 6.07) is 0. The van der Waals surface area contributed by atoms with Crippen LogP contribution in [0.2, 0.25) is 0 Å². The van der Waals surface area contributed by atoms with Crippen LogP contribution in [0.4, 0.5) is 0 Å². The lowest BCUT2D eigenvalue weighted by Gasteiger charge is -2.20. The minimum absolute atomic E-state index is 0.457. The normalized spacial score (nSPS) is 30.8. The summed E-state index contributed by atoms with van der Waals surface area (Å²) in [5, 5.41) is 0. The molecule has 0 radical (unpaired) electrons. The second-order valence-electron chi connectivity index (χ2n) is 3.84. The summed E-state index contributed by atoms with van der Waals surface area (Å²) in [4.78, 5) is 0. The Labute approximate surface area is 85.8 Å². The maximum atomic E-state index is 5.67. The molecule has 1 saturated heterocycles. The van der Waals surface area contributed by atoms with E-state index < -0.39 is 0 Å². The van der Waals surface area contributed by atoms with E-state index in [4.69, 9.17) is 4.74 Å². The molecule has 1 aliphatic heterocycles. The van der Waals surface area contributed by atoms with E-state index in [0.717, 1.165) is 18.6 Å². The van der Waals surface area contributed by atoms with Crippen molar-refractivity contribution in [3.63, 3.8) is 0 Å². The average molecular weight is 188 g/mol. The van der Waals surface area contributed by atoms with Gasteiger partial charge in [0.15, 0.2) is 0 Å². The molecule has 0 bridgehead atoms. The van der Waals surface area contributed by atoms with E-state index in [9.17, 15) is 0 Å². The Bertz CT molecular complexity index is 308. The molecule has 1 heterocycles. The molecule has 0 spiro atoms. The summed E-state index contributed by atoms with van der Waals surface area (Å²) >= 11 is 0. The number of ether oxygens (including phenoxy) is 1. The first-order valence-electron chi connectivity index (χ1n) is 5.33. The minimum Gasteiger partial charge on any atom is -0.378 e. The first-order chi connectivity index (χ1) is 6.90. The van der Waals surface area contributed by atoms with Crippen molar-refractivity contribution in [2.75, 3.05) is 6.61 Å². The van der Waals surface area contributed by atoms with Gasteiger partial charge in [0, 0.05) is 18.1 Å². The van der Waals surface area contributed by atoms with Crippen LogP contribution in [-0.2, 0) is 4.74 Å². The minimum atomic E-state index is 0.457. The lowest BCUT2D eigenvalue weighted by molar-refractivity contribution is 0.0795. The third-order valence-corrected chi connectivity index (χ3v) is 2.84. The van der Waals surface area contributed by atoms with Gasteiger partial charge in [-0.3, -0.25) is 0 Å². The van der Waals surface area contributed by atoms with Crippen LogP contribution in [-0.4, -0.2) is 12.7 Å². The van der Waals surface area contributed by atoms with Gasteiger partial charge in [0.05, 0.1) is 6.10 Å². The van der Waals surface area contributed by atoms with Crippen LogP contribution in [0.1, 0.15) is 26.2 Å². The van der Waals surface area contributed by atoms with Crippen molar-refractivity contribution < 1.29 is 4.74 Å². The maximum absolute atomic E-state index is 5.67. The lowest BCUT2D eigenvalue weighted by Crippen LogP contribution is -2.18. The van der Waals surface area contributed by atoms with Gasteiger partial charge in [-0.25, -0.2) is 0 Å². The second-order valence-corrected chi connectivity index (χ2v) is 3.84. The van der Waals surface area contributed by atoms with E-state index in [0.29, 0.717) is 12.0 Å². The highest BCUT2D eigenvalue weighted by Gasteiger charge is 2.24. The highest BCUT2D eigenvalue weighted by atomic mass is 16.5. The monoisotopic (exact) mass is 188 g/mol. The number of rotatable bonds is 1. The molecular formula is C13H16O. The quantitative estimate of drug-likeness (QED) is 0.575. The van der Waals surface area contributed by atoms with Gasteiger partial charge in [-0.1, -0.05) is 24.1 Å². The SMILES string of the molecule is CC#CC1=CCC([C@H]2CCCO2)C=C1. The third-order valence-electron chi connectivity index (χ3n) is 2.84.